The maximum atomic E-state index is 11.8. The van der Waals surface area contributed by atoms with E-state index in [0.29, 0.717) is 25.1 Å². The highest BCUT2D eigenvalue weighted by Crippen LogP contribution is 2.11. The molecule has 5 nitrogen and oxygen atoms in total. The lowest BCUT2D eigenvalue weighted by molar-refractivity contribution is 0.300. The molecule has 0 saturated carbocycles. The van der Waals surface area contributed by atoms with Crippen LogP contribution in [0.5, 0.6) is 5.75 Å². The van der Waals surface area contributed by atoms with Gasteiger partial charge in [0, 0.05) is 17.9 Å². The zero-order valence-electron chi connectivity index (χ0n) is 12.2. The second-order valence-corrected chi connectivity index (χ2v) is 4.81. The van der Waals surface area contributed by atoms with Gasteiger partial charge in [0.25, 0.3) is 0 Å². The predicted octanol–water partition coefficient (Wildman–Crippen LogP) is 2.20. The molecule has 21 heavy (non-hydrogen) atoms. The summed E-state index contributed by atoms with van der Waals surface area (Å²) in [5, 5.41) is 8.71. The van der Waals surface area contributed by atoms with Gasteiger partial charge in [0.05, 0.1) is 18.2 Å². The van der Waals surface area contributed by atoms with Gasteiger partial charge in [-0.3, -0.25) is 4.57 Å². The monoisotopic (exact) mass is 283 g/mol. The van der Waals surface area contributed by atoms with Crippen molar-refractivity contribution in [3.8, 4) is 11.8 Å². The highest BCUT2D eigenvalue weighted by Gasteiger charge is 2.03. The fourth-order valence-electron chi connectivity index (χ4n) is 2.08. The van der Waals surface area contributed by atoms with E-state index in [2.05, 4.69) is 11.1 Å². The van der Waals surface area contributed by atoms with Crippen LogP contribution in [0.2, 0.25) is 0 Å². The molecule has 0 aliphatic carbocycles. The summed E-state index contributed by atoms with van der Waals surface area (Å²) in [4.78, 5) is 15.7. The Bertz CT molecular complexity index is 712. The Labute approximate surface area is 123 Å². The number of nitrogens with zero attached hydrogens (tertiary/aromatic N) is 3. The third-order valence-electron chi connectivity index (χ3n) is 3.12. The summed E-state index contributed by atoms with van der Waals surface area (Å²) in [6.07, 6.45) is 0.714. The van der Waals surface area contributed by atoms with Crippen molar-refractivity contribution in [1.82, 2.24) is 9.55 Å². The smallest absolute Gasteiger partial charge is 0.347 e. The van der Waals surface area contributed by atoms with E-state index in [0.717, 1.165) is 17.1 Å². The van der Waals surface area contributed by atoms with Crippen LogP contribution in [0.4, 0.5) is 0 Å². The number of aromatic nitrogens is 2. The van der Waals surface area contributed by atoms with Crippen molar-refractivity contribution < 1.29 is 4.74 Å². The Balaban J connectivity index is 1.87. The summed E-state index contributed by atoms with van der Waals surface area (Å²) < 4.78 is 7.23. The van der Waals surface area contributed by atoms with Gasteiger partial charge in [-0.2, -0.15) is 10.2 Å². The van der Waals surface area contributed by atoms with Crippen molar-refractivity contribution in [3.05, 3.63) is 57.8 Å². The number of rotatable bonds is 5. The van der Waals surface area contributed by atoms with E-state index < -0.39 is 0 Å². The van der Waals surface area contributed by atoms with E-state index in [1.807, 2.05) is 19.9 Å². The normalized spacial score (nSPS) is 10.1. The highest BCUT2D eigenvalue weighted by molar-refractivity contribution is 5.34. The van der Waals surface area contributed by atoms with Crippen LogP contribution in [-0.4, -0.2) is 16.2 Å². The summed E-state index contributed by atoms with van der Waals surface area (Å²) in [6.45, 7) is 4.80. The van der Waals surface area contributed by atoms with Crippen LogP contribution in [0.25, 0.3) is 0 Å². The molecule has 0 unspecified atom stereocenters. The number of aryl methyl sites for hydroxylation is 2. The number of hydrogen-bond acceptors (Lipinski definition) is 4. The third-order valence-corrected chi connectivity index (χ3v) is 3.12. The maximum absolute atomic E-state index is 11.8. The predicted molar refractivity (Wildman–Crippen MR) is 79.2 cm³/mol. The van der Waals surface area contributed by atoms with Crippen molar-refractivity contribution in [2.45, 2.75) is 26.8 Å². The number of ether oxygens (including phenoxy) is 1. The lowest BCUT2D eigenvalue weighted by atomic mass is 10.2. The average molecular weight is 283 g/mol. The molecule has 0 atom stereocenters. The van der Waals surface area contributed by atoms with E-state index in [4.69, 9.17) is 10.00 Å². The topological polar surface area (TPSA) is 67.9 Å². The fraction of sp³-hybridized carbons (Fsp3) is 0.312. The number of nitriles is 1. The molecular weight excluding hydrogens is 266 g/mol. The molecule has 0 fully saturated rings. The molecule has 0 saturated heterocycles. The molecule has 5 heteroatoms. The first-order valence-corrected chi connectivity index (χ1v) is 6.78. The van der Waals surface area contributed by atoms with E-state index in [1.165, 1.54) is 0 Å². The van der Waals surface area contributed by atoms with Crippen LogP contribution in [-0.2, 0) is 6.54 Å². The fourth-order valence-corrected chi connectivity index (χ4v) is 2.08. The van der Waals surface area contributed by atoms with Crippen LogP contribution < -0.4 is 10.4 Å². The van der Waals surface area contributed by atoms with E-state index in [9.17, 15) is 4.79 Å². The Morgan fingerprint density at radius 1 is 1.29 bits per heavy atom. The van der Waals surface area contributed by atoms with Gasteiger partial charge >= 0.3 is 5.69 Å². The summed E-state index contributed by atoms with van der Waals surface area (Å²) in [5.41, 5.74) is 2.04. The number of hydrogen-bond donors (Lipinski definition) is 0. The molecule has 2 aromatic rings. The molecular formula is C16H17N3O2. The van der Waals surface area contributed by atoms with Crippen LogP contribution in [0.15, 0.2) is 35.1 Å². The summed E-state index contributed by atoms with van der Waals surface area (Å²) in [5.74, 6) is 0.722. The first-order chi connectivity index (χ1) is 10.1. The Hall–Kier alpha value is -2.61. The molecule has 1 heterocycles. The SMILES string of the molecule is Cc1cc(C)n(CCCOc2ccc(C#N)cc2)c(=O)n1. The van der Waals surface area contributed by atoms with Gasteiger partial charge < -0.3 is 4.74 Å². The molecule has 0 radical (unpaired) electrons. The summed E-state index contributed by atoms with van der Waals surface area (Å²) in [6, 6.07) is 10.9. The van der Waals surface area contributed by atoms with Gasteiger partial charge in [0.2, 0.25) is 0 Å². The van der Waals surface area contributed by atoms with Gasteiger partial charge in [-0.1, -0.05) is 0 Å². The highest BCUT2D eigenvalue weighted by atomic mass is 16.5. The quantitative estimate of drug-likeness (QED) is 0.789. The van der Waals surface area contributed by atoms with Crippen LogP contribution in [0.1, 0.15) is 23.4 Å². The lowest BCUT2D eigenvalue weighted by Crippen LogP contribution is -2.26. The van der Waals surface area contributed by atoms with Crippen LogP contribution >= 0.6 is 0 Å². The Morgan fingerprint density at radius 3 is 2.62 bits per heavy atom. The van der Waals surface area contributed by atoms with Gasteiger partial charge in [-0.25, -0.2) is 4.79 Å². The molecule has 0 aliphatic heterocycles. The Kier molecular flexibility index (Phi) is 4.72. The first kappa shape index (κ1) is 14.8. The van der Waals surface area contributed by atoms with Crippen molar-refractivity contribution >= 4 is 0 Å². The minimum Gasteiger partial charge on any atom is -0.494 e. The summed E-state index contributed by atoms with van der Waals surface area (Å²) >= 11 is 0. The molecule has 0 N–H and O–H groups in total. The van der Waals surface area contributed by atoms with Crippen LogP contribution in [0, 0.1) is 25.2 Å². The average Bonchev–Trinajstić information content (AvgIpc) is 2.46. The minimum absolute atomic E-state index is 0.217. The second-order valence-electron chi connectivity index (χ2n) is 4.81. The number of benzene rings is 1. The molecule has 108 valence electrons. The van der Waals surface area contributed by atoms with E-state index >= 15 is 0 Å². The lowest BCUT2D eigenvalue weighted by Gasteiger charge is -2.10. The maximum Gasteiger partial charge on any atom is 0.347 e. The van der Waals surface area contributed by atoms with Gasteiger partial charge in [-0.05, 0) is 50.6 Å². The van der Waals surface area contributed by atoms with Gasteiger partial charge in [0.1, 0.15) is 5.75 Å². The molecule has 0 bridgehead atoms. The van der Waals surface area contributed by atoms with Crippen molar-refractivity contribution in [1.29, 1.82) is 5.26 Å². The molecule has 1 aromatic carbocycles. The first-order valence-electron chi connectivity index (χ1n) is 6.78. The zero-order chi connectivity index (χ0) is 15.2. The van der Waals surface area contributed by atoms with Crippen molar-refractivity contribution in [2.24, 2.45) is 0 Å². The molecule has 2 rings (SSSR count). The largest absolute Gasteiger partial charge is 0.494 e. The van der Waals surface area contributed by atoms with E-state index in [-0.39, 0.29) is 5.69 Å². The van der Waals surface area contributed by atoms with Crippen molar-refractivity contribution in [3.63, 3.8) is 0 Å². The zero-order valence-corrected chi connectivity index (χ0v) is 12.2. The Morgan fingerprint density at radius 2 is 2.00 bits per heavy atom. The standard InChI is InChI=1S/C16H17N3O2/c1-12-10-13(2)19(16(20)18-12)8-3-9-21-15-6-4-14(11-17)5-7-15/h4-7,10H,3,8-9H2,1-2H3. The minimum atomic E-state index is -0.217. The van der Waals surface area contributed by atoms with E-state index in [1.54, 1.807) is 28.8 Å². The molecule has 0 amide bonds. The molecule has 0 aliphatic rings. The van der Waals surface area contributed by atoms with Gasteiger partial charge in [0.15, 0.2) is 0 Å². The summed E-state index contributed by atoms with van der Waals surface area (Å²) in [7, 11) is 0. The molecule has 1 aromatic heterocycles. The second kappa shape index (κ2) is 6.71. The van der Waals surface area contributed by atoms with Crippen molar-refractivity contribution in [2.75, 3.05) is 6.61 Å². The van der Waals surface area contributed by atoms with Gasteiger partial charge in [-0.15, -0.1) is 0 Å². The third kappa shape index (κ3) is 3.93. The van der Waals surface area contributed by atoms with Crippen LogP contribution in [0.3, 0.4) is 0 Å². The molecule has 0 spiro atoms.